The summed E-state index contributed by atoms with van der Waals surface area (Å²) in [5.41, 5.74) is 14.2. The maximum Gasteiger partial charge on any atom is 0.160 e. The molecule has 280 valence electrons. The lowest BCUT2D eigenvalue weighted by Crippen LogP contribution is -1.98. The second-order valence-corrected chi connectivity index (χ2v) is 14.2. The molecule has 0 bridgehead atoms. The van der Waals surface area contributed by atoms with Crippen LogP contribution in [-0.2, 0) is 0 Å². The zero-order chi connectivity index (χ0) is 40.1. The average molecular weight is 767 g/mol. The Bertz CT molecular complexity index is 2870. The van der Waals surface area contributed by atoms with Gasteiger partial charge in [0.15, 0.2) is 17.5 Å². The molecule has 10 aromatic rings. The van der Waals surface area contributed by atoms with E-state index in [-0.39, 0.29) is 0 Å². The van der Waals surface area contributed by atoms with Gasteiger partial charge >= 0.3 is 0 Å². The molecule has 0 spiro atoms. The minimum atomic E-state index is 0.620. The molecule has 0 aliphatic rings. The normalized spacial score (nSPS) is 10.9. The first-order chi connectivity index (χ1) is 29.7. The van der Waals surface area contributed by atoms with Crippen LogP contribution in [0.4, 0.5) is 0 Å². The Balaban J connectivity index is 1.04. The molecule has 0 aliphatic carbocycles. The van der Waals surface area contributed by atoms with Crippen molar-refractivity contribution >= 4 is 0 Å². The van der Waals surface area contributed by atoms with E-state index in [1.165, 1.54) is 0 Å². The Morgan fingerprint density at radius 2 is 0.733 bits per heavy atom. The van der Waals surface area contributed by atoms with E-state index in [1.54, 1.807) is 0 Å². The summed E-state index contributed by atoms with van der Waals surface area (Å²) in [5, 5.41) is 0. The predicted octanol–water partition coefficient (Wildman–Crippen LogP) is 12.7. The highest BCUT2D eigenvalue weighted by Crippen LogP contribution is 2.38. The van der Waals surface area contributed by atoms with E-state index >= 15 is 0 Å². The molecule has 0 saturated heterocycles. The quantitative estimate of drug-likeness (QED) is 0.146. The van der Waals surface area contributed by atoms with Crippen molar-refractivity contribution in [2.75, 3.05) is 0 Å². The Morgan fingerprint density at radius 3 is 1.28 bits per heavy atom. The summed E-state index contributed by atoms with van der Waals surface area (Å²) in [6.07, 6.45) is 7.54. The van der Waals surface area contributed by atoms with E-state index in [1.807, 2.05) is 122 Å². The van der Waals surface area contributed by atoms with Gasteiger partial charge in [0.05, 0.1) is 17.0 Å². The van der Waals surface area contributed by atoms with E-state index in [9.17, 15) is 0 Å². The van der Waals surface area contributed by atoms with Crippen LogP contribution in [0.3, 0.4) is 0 Å². The van der Waals surface area contributed by atoms with Crippen LogP contribution in [0.2, 0.25) is 0 Å². The van der Waals surface area contributed by atoms with Gasteiger partial charge in [-0.3, -0.25) is 0 Å². The van der Waals surface area contributed by atoms with E-state index in [0.717, 1.165) is 83.7 Å². The molecule has 0 amide bonds. The zero-order valence-corrected chi connectivity index (χ0v) is 32.3. The van der Waals surface area contributed by atoms with Crippen LogP contribution < -0.4 is 0 Å². The molecule has 6 nitrogen and oxygen atoms in total. The van der Waals surface area contributed by atoms with E-state index < -0.39 is 0 Å². The van der Waals surface area contributed by atoms with Gasteiger partial charge in [0, 0.05) is 63.7 Å². The highest BCUT2D eigenvalue weighted by molar-refractivity contribution is 5.88. The van der Waals surface area contributed by atoms with Crippen LogP contribution in [0.15, 0.2) is 207 Å². The Hall–Kier alpha value is -8.40. The van der Waals surface area contributed by atoms with E-state index in [2.05, 4.69) is 107 Å². The van der Waals surface area contributed by atoms with Gasteiger partial charge < -0.3 is 0 Å². The molecule has 3 heterocycles. The van der Waals surface area contributed by atoms with Crippen LogP contribution in [0.1, 0.15) is 0 Å². The van der Waals surface area contributed by atoms with Gasteiger partial charge in [0.2, 0.25) is 0 Å². The summed E-state index contributed by atoms with van der Waals surface area (Å²) in [6, 6.07) is 68.1. The molecule has 7 aromatic carbocycles. The molecule has 0 saturated carbocycles. The lowest BCUT2D eigenvalue weighted by atomic mass is 9.93. The molecule has 0 unspecified atom stereocenters. The summed E-state index contributed by atoms with van der Waals surface area (Å²) in [7, 11) is 0. The van der Waals surface area contributed by atoms with Gasteiger partial charge in [-0.1, -0.05) is 164 Å². The van der Waals surface area contributed by atoms with Gasteiger partial charge in [-0.2, -0.15) is 0 Å². The van der Waals surface area contributed by atoms with Crippen molar-refractivity contribution in [1.29, 1.82) is 0 Å². The molecule has 0 atom stereocenters. The third-order valence-corrected chi connectivity index (χ3v) is 10.4. The summed E-state index contributed by atoms with van der Waals surface area (Å²) in [5.74, 6) is 2.01. The van der Waals surface area contributed by atoms with Gasteiger partial charge in [-0.15, -0.1) is 0 Å². The SMILES string of the molecule is c1ccc(-c2cccc(-c3cnc(-c4ccccc4)nc3)c2)c(-c2cc(-c3ccccc3-c3cccc(-c4cnc(-c5ccccc5)nc4)c3)nc(-c3ccccc3)n2)c#1. The van der Waals surface area contributed by atoms with Crippen LogP contribution in [-0.4, -0.2) is 29.9 Å². The zero-order valence-electron chi connectivity index (χ0n) is 32.3. The molecule has 10 rings (SSSR count). The van der Waals surface area contributed by atoms with E-state index in [0.29, 0.717) is 17.5 Å². The van der Waals surface area contributed by atoms with Crippen LogP contribution in [0.25, 0.3) is 101 Å². The van der Waals surface area contributed by atoms with E-state index in [4.69, 9.17) is 19.9 Å². The number of hydrogen-bond acceptors (Lipinski definition) is 6. The van der Waals surface area contributed by atoms with Gasteiger partial charge in [-0.25, -0.2) is 29.9 Å². The lowest BCUT2D eigenvalue weighted by Gasteiger charge is -2.14. The van der Waals surface area contributed by atoms with Crippen molar-refractivity contribution in [1.82, 2.24) is 29.9 Å². The molecule has 6 heteroatoms. The molecule has 0 fully saturated rings. The van der Waals surface area contributed by atoms with Crippen LogP contribution in [0, 0.1) is 12.1 Å². The Labute approximate surface area is 348 Å². The first-order valence-corrected chi connectivity index (χ1v) is 19.7. The number of benzene rings is 6. The summed E-state index contributed by atoms with van der Waals surface area (Å²) < 4.78 is 0. The standard InChI is InChI=1S/C54H34N6/c1-4-16-37(17-5-1)52-55-33-44(34-56-52)40-22-14-24-42(30-40)46-26-10-12-28-48(46)50-32-51(60-54(59-50)39-20-8-3-9-21-39)49-29-13-11-27-47(49)43-25-15-23-41(31-43)45-35-57-53(58-36-45)38-18-6-2-7-19-38/h1-12,14-28,30-36H. The number of rotatable bonds is 9. The maximum absolute atomic E-state index is 5.22. The van der Waals surface area contributed by atoms with Crippen molar-refractivity contribution in [3.8, 4) is 101 Å². The second-order valence-electron chi connectivity index (χ2n) is 14.2. The minimum Gasteiger partial charge on any atom is -0.236 e. The largest absolute Gasteiger partial charge is 0.236 e. The van der Waals surface area contributed by atoms with Crippen molar-refractivity contribution in [2.45, 2.75) is 0 Å². The molecular weight excluding hydrogens is 733 g/mol. The molecule has 0 aliphatic heterocycles. The number of hydrogen-bond donors (Lipinski definition) is 0. The molecular formula is C54H34N6. The first-order valence-electron chi connectivity index (χ1n) is 19.7. The maximum atomic E-state index is 5.22. The summed E-state index contributed by atoms with van der Waals surface area (Å²) >= 11 is 0. The van der Waals surface area contributed by atoms with Crippen molar-refractivity contribution in [2.24, 2.45) is 0 Å². The Kier molecular flexibility index (Phi) is 9.73. The monoisotopic (exact) mass is 766 g/mol. The summed E-state index contributed by atoms with van der Waals surface area (Å²) in [4.78, 5) is 29.2. The third-order valence-electron chi connectivity index (χ3n) is 10.4. The fraction of sp³-hybridized carbons (Fsp3) is 0. The highest BCUT2D eigenvalue weighted by Gasteiger charge is 2.17. The number of nitrogens with zero attached hydrogens (tertiary/aromatic N) is 6. The first kappa shape index (κ1) is 36.0. The fourth-order valence-electron chi connectivity index (χ4n) is 7.38. The van der Waals surface area contributed by atoms with Gasteiger partial charge in [0.25, 0.3) is 0 Å². The van der Waals surface area contributed by atoms with Crippen LogP contribution >= 0.6 is 0 Å². The molecule has 0 N–H and O–H groups in total. The van der Waals surface area contributed by atoms with Gasteiger partial charge in [0.1, 0.15) is 0 Å². The molecule has 60 heavy (non-hydrogen) atoms. The molecule has 3 aromatic heterocycles. The smallest absolute Gasteiger partial charge is 0.160 e. The second kappa shape index (κ2) is 16.2. The number of aromatic nitrogens is 6. The fourth-order valence-corrected chi connectivity index (χ4v) is 7.38. The average Bonchev–Trinajstić information content (AvgIpc) is 3.35. The topological polar surface area (TPSA) is 77.3 Å². The molecule has 0 radical (unpaired) electrons. The minimum absolute atomic E-state index is 0.620. The predicted molar refractivity (Wildman–Crippen MR) is 240 cm³/mol. The Morgan fingerprint density at radius 1 is 0.300 bits per heavy atom. The highest BCUT2D eigenvalue weighted by atomic mass is 14.9. The van der Waals surface area contributed by atoms with Crippen LogP contribution in [0.5, 0.6) is 0 Å². The van der Waals surface area contributed by atoms with Gasteiger partial charge in [-0.05, 0) is 58.1 Å². The lowest BCUT2D eigenvalue weighted by molar-refractivity contribution is 1.18. The summed E-state index contributed by atoms with van der Waals surface area (Å²) in [6.45, 7) is 0. The third kappa shape index (κ3) is 7.43. The van der Waals surface area contributed by atoms with Crippen molar-refractivity contribution in [3.05, 3.63) is 219 Å². The van der Waals surface area contributed by atoms with Crippen molar-refractivity contribution in [3.63, 3.8) is 0 Å². The van der Waals surface area contributed by atoms with Crippen molar-refractivity contribution < 1.29 is 0 Å².